The van der Waals surface area contributed by atoms with Crippen LogP contribution in [0.25, 0.3) is 11.0 Å². The second-order valence-electron chi connectivity index (χ2n) is 6.69. The van der Waals surface area contributed by atoms with Gasteiger partial charge in [0, 0.05) is 18.2 Å². The average molecular weight is 299 g/mol. The number of carbonyl (C=O) groups is 1. The van der Waals surface area contributed by atoms with Crippen LogP contribution in [0, 0.1) is 18.8 Å². The summed E-state index contributed by atoms with van der Waals surface area (Å²) in [5.41, 5.74) is 2.41. The number of benzene rings is 1. The second kappa shape index (κ2) is 4.77. The van der Waals surface area contributed by atoms with Gasteiger partial charge in [-0.15, -0.1) is 0 Å². The van der Waals surface area contributed by atoms with Gasteiger partial charge in [0.15, 0.2) is 0 Å². The lowest BCUT2D eigenvalue weighted by Gasteiger charge is -2.27. The first kappa shape index (κ1) is 13.7. The summed E-state index contributed by atoms with van der Waals surface area (Å²) in [7, 11) is 1.63. The van der Waals surface area contributed by atoms with E-state index in [-0.39, 0.29) is 5.91 Å². The van der Waals surface area contributed by atoms with Crippen LogP contribution in [0.1, 0.15) is 35.7 Å². The zero-order chi connectivity index (χ0) is 15.4. The van der Waals surface area contributed by atoms with E-state index < -0.39 is 0 Å². The largest absolute Gasteiger partial charge is 0.496 e. The van der Waals surface area contributed by atoms with Gasteiger partial charge in [0.25, 0.3) is 5.91 Å². The van der Waals surface area contributed by atoms with Gasteiger partial charge in [-0.1, -0.05) is 6.92 Å². The van der Waals surface area contributed by atoms with E-state index in [0.29, 0.717) is 29.2 Å². The summed E-state index contributed by atoms with van der Waals surface area (Å²) >= 11 is 0. The molecule has 2 heterocycles. The van der Waals surface area contributed by atoms with Crippen LogP contribution in [-0.2, 0) is 0 Å². The number of carbonyl (C=O) groups excluding carboxylic acids is 1. The zero-order valence-corrected chi connectivity index (χ0v) is 13.3. The number of piperidine rings is 1. The maximum Gasteiger partial charge on any atom is 0.254 e. The number of ether oxygens (including phenoxy) is 1. The van der Waals surface area contributed by atoms with E-state index in [1.54, 1.807) is 13.4 Å². The van der Waals surface area contributed by atoms with Gasteiger partial charge < -0.3 is 14.1 Å². The number of likely N-dealkylation sites (tertiary alicyclic amines) is 1. The first-order chi connectivity index (χ1) is 10.6. The van der Waals surface area contributed by atoms with Crippen molar-refractivity contribution in [2.45, 2.75) is 32.7 Å². The molecule has 3 unspecified atom stereocenters. The molecule has 2 aliphatic rings. The van der Waals surface area contributed by atoms with Gasteiger partial charge >= 0.3 is 0 Å². The predicted molar refractivity (Wildman–Crippen MR) is 84.2 cm³/mol. The average Bonchev–Trinajstić information content (AvgIpc) is 3.19. The number of hydrogen-bond donors (Lipinski definition) is 0. The lowest BCUT2D eigenvalue weighted by molar-refractivity contribution is 0.0695. The molecular weight excluding hydrogens is 278 g/mol. The van der Waals surface area contributed by atoms with E-state index in [1.165, 1.54) is 6.42 Å². The Bertz CT molecular complexity index is 748. The molecule has 4 heteroatoms. The van der Waals surface area contributed by atoms with Crippen LogP contribution in [-0.4, -0.2) is 30.5 Å². The van der Waals surface area contributed by atoms with Crippen molar-refractivity contribution in [3.05, 3.63) is 29.5 Å². The molecule has 0 N–H and O–H groups in total. The third-order valence-electron chi connectivity index (χ3n) is 5.57. The van der Waals surface area contributed by atoms with Crippen molar-refractivity contribution in [2.75, 3.05) is 13.7 Å². The number of furan rings is 1. The quantitative estimate of drug-likeness (QED) is 0.850. The second-order valence-corrected chi connectivity index (χ2v) is 6.69. The van der Waals surface area contributed by atoms with Crippen molar-refractivity contribution in [3.63, 3.8) is 0 Å². The number of amides is 1. The van der Waals surface area contributed by atoms with Crippen molar-refractivity contribution < 1.29 is 13.9 Å². The molecule has 22 heavy (non-hydrogen) atoms. The molecule has 1 aromatic carbocycles. The highest BCUT2D eigenvalue weighted by atomic mass is 16.5. The molecule has 4 rings (SSSR count). The summed E-state index contributed by atoms with van der Waals surface area (Å²) in [6.45, 7) is 5.15. The first-order valence-electron chi connectivity index (χ1n) is 7.97. The van der Waals surface area contributed by atoms with Crippen LogP contribution in [0.4, 0.5) is 0 Å². The molecule has 2 fully saturated rings. The van der Waals surface area contributed by atoms with Crippen LogP contribution in [0.15, 0.2) is 22.8 Å². The molecular formula is C18H21NO3. The fourth-order valence-corrected chi connectivity index (χ4v) is 4.28. The van der Waals surface area contributed by atoms with E-state index >= 15 is 0 Å². The number of fused-ring (bicyclic) bond motifs is 3. The molecule has 0 radical (unpaired) electrons. The molecule has 1 aliphatic heterocycles. The van der Waals surface area contributed by atoms with Crippen LogP contribution in [0.5, 0.6) is 5.75 Å². The third-order valence-corrected chi connectivity index (χ3v) is 5.57. The van der Waals surface area contributed by atoms with Crippen LogP contribution in [0.2, 0.25) is 0 Å². The van der Waals surface area contributed by atoms with E-state index in [0.717, 1.165) is 29.5 Å². The van der Waals surface area contributed by atoms with Gasteiger partial charge in [0.05, 0.1) is 18.8 Å². The monoisotopic (exact) mass is 299 g/mol. The minimum absolute atomic E-state index is 0.105. The number of rotatable bonds is 2. The zero-order valence-electron chi connectivity index (χ0n) is 13.3. The molecule has 1 amide bonds. The van der Waals surface area contributed by atoms with Gasteiger partial charge in [-0.2, -0.15) is 0 Å². The fraction of sp³-hybridized carbons (Fsp3) is 0.500. The van der Waals surface area contributed by atoms with Crippen LogP contribution >= 0.6 is 0 Å². The van der Waals surface area contributed by atoms with Gasteiger partial charge in [-0.05, 0) is 49.3 Å². The molecule has 2 bridgehead atoms. The molecule has 2 aromatic rings. The maximum atomic E-state index is 12.9. The van der Waals surface area contributed by atoms with Crippen LogP contribution in [0.3, 0.4) is 0 Å². The lowest BCUT2D eigenvalue weighted by atomic mass is 10.0. The summed E-state index contributed by atoms with van der Waals surface area (Å²) in [4.78, 5) is 15.0. The van der Waals surface area contributed by atoms with E-state index in [2.05, 4.69) is 11.8 Å². The molecule has 1 saturated heterocycles. The van der Waals surface area contributed by atoms with Crippen molar-refractivity contribution in [2.24, 2.45) is 11.8 Å². The van der Waals surface area contributed by atoms with Crippen molar-refractivity contribution >= 4 is 16.9 Å². The Morgan fingerprint density at radius 3 is 2.82 bits per heavy atom. The molecule has 116 valence electrons. The SMILES string of the molecule is COc1cc(C(=O)N2CC3CCC2C3C)cc2occ(C)c12. The lowest BCUT2D eigenvalue weighted by Crippen LogP contribution is -2.38. The Morgan fingerprint density at radius 1 is 1.36 bits per heavy atom. The first-order valence-corrected chi connectivity index (χ1v) is 7.97. The highest BCUT2D eigenvalue weighted by Gasteiger charge is 2.46. The summed E-state index contributed by atoms with van der Waals surface area (Å²) in [5.74, 6) is 2.11. The summed E-state index contributed by atoms with van der Waals surface area (Å²) < 4.78 is 11.0. The molecule has 3 atom stereocenters. The molecule has 0 spiro atoms. The predicted octanol–water partition coefficient (Wildman–Crippen LogP) is 3.62. The molecule has 4 nitrogen and oxygen atoms in total. The van der Waals surface area contributed by atoms with Crippen molar-refractivity contribution in [3.8, 4) is 5.75 Å². The number of hydrogen-bond acceptors (Lipinski definition) is 3. The third kappa shape index (κ3) is 1.79. The van der Waals surface area contributed by atoms with E-state index in [1.807, 2.05) is 19.1 Å². The standard InChI is InChI=1S/C18H21NO3/c1-10-9-22-16-7-13(6-15(21-3)17(10)16)18(20)19-8-12-4-5-14(19)11(12)2/h6-7,9,11-12,14H,4-5,8H2,1-3H3. The van der Waals surface area contributed by atoms with Crippen molar-refractivity contribution in [1.82, 2.24) is 4.90 Å². The van der Waals surface area contributed by atoms with E-state index in [9.17, 15) is 4.79 Å². The van der Waals surface area contributed by atoms with Gasteiger partial charge in [0.2, 0.25) is 0 Å². The number of methoxy groups -OCH3 is 1. The fourth-order valence-electron chi connectivity index (χ4n) is 4.28. The van der Waals surface area contributed by atoms with Gasteiger partial charge in [-0.3, -0.25) is 4.79 Å². The molecule has 1 aromatic heterocycles. The Kier molecular flexibility index (Phi) is 2.96. The highest BCUT2D eigenvalue weighted by Crippen LogP contribution is 2.43. The smallest absolute Gasteiger partial charge is 0.254 e. The Hall–Kier alpha value is -1.97. The summed E-state index contributed by atoms with van der Waals surface area (Å²) in [6, 6.07) is 4.10. The topological polar surface area (TPSA) is 42.7 Å². The summed E-state index contributed by atoms with van der Waals surface area (Å²) in [5, 5.41) is 0.954. The number of nitrogens with zero attached hydrogens (tertiary/aromatic N) is 1. The number of aryl methyl sites for hydroxylation is 1. The Labute approximate surface area is 130 Å². The normalized spacial score (nSPS) is 26.9. The highest BCUT2D eigenvalue weighted by molar-refractivity contribution is 6.00. The van der Waals surface area contributed by atoms with Crippen LogP contribution < -0.4 is 4.74 Å². The maximum absolute atomic E-state index is 12.9. The Balaban J connectivity index is 1.73. The van der Waals surface area contributed by atoms with Gasteiger partial charge in [-0.25, -0.2) is 0 Å². The minimum Gasteiger partial charge on any atom is -0.496 e. The summed E-state index contributed by atoms with van der Waals surface area (Å²) in [6.07, 6.45) is 4.10. The molecule has 1 saturated carbocycles. The Morgan fingerprint density at radius 2 is 2.18 bits per heavy atom. The van der Waals surface area contributed by atoms with Gasteiger partial charge in [0.1, 0.15) is 11.3 Å². The van der Waals surface area contributed by atoms with Crippen molar-refractivity contribution in [1.29, 1.82) is 0 Å². The molecule has 1 aliphatic carbocycles. The minimum atomic E-state index is 0.105. The van der Waals surface area contributed by atoms with E-state index in [4.69, 9.17) is 9.15 Å².